The molecule has 2 aromatic heterocycles. The summed E-state index contributed by atoms with van der Waals surface area (Å²) in [5.41, 5.74) is 6.10. The number of anilines is 1. The molecule has 0 aliphatic rings. The maximum absolute atomic E-state index is 11.5. The van der Waals surface area contributed by atoms with Crippen LogP contribution < -0.4 is 17.0 Å². The van der Waals surface area contributed by atoms with Crippen LogP contribution in [0.2, 0.25) is 0 Å². The van der Waals surface area contributed by atoms with Crippen LogP contribution >= 0.6 is 0 Å². The Bertz CT molecular complexity index is 657. The minimum atomic E-state index is -0.434. The van der Waals surface area contributed by atoms with Crippen LogP contribution in [0.1, 0.15) is 11.1 Å². The summed E-state index contributed by atoms with van der Waals surface area (Å²) in [6, 6.07) is 3.45. The summed E-state index contributed by atoms with van der Waals surface area (Å²) in [6.45, 7) is 2.00. The highest BCUT2D eigenvalue weighted by atomic mass is 16.2. The molecule has 2 rings (SSSR count). The van der Waals surface area contributed by atoms with Crippen LogP contribution in [-0.4, -0.2) is 14.5 Å². The molecule has 0 aromatic carbocycles. The molecule has 2 heterocycles. The molecule has 6 nitrogen and oxygen atoms in total. The van der Waals surface area contributed by atoms with E-state index in [1.54, 1.807) is 25.3 Å². The van der Waals surface area contributed by atoms with E-state index in [0.717, 1.165) is 5.56 Å². The summed E-state index contributed by atoms with van der Waals surface area (Å²) in [7, 11) is 0. The van der Waals surface area contributed by atoms with Gasteiger partial charge < -0.3 is 5.73 Å². The fraction of sp³-hybridized carbons (Fsp3) is 0.182. The number of aromatic amines is 1. The van der Waals surface area contributed by atoms with Gasteiger partial charge in [0.1, 0.15) is 5.82 Å². The number of nitrogens with two attached hydrogens (primary N) is 1. The van der Waals surface area contributed by atoms with E-state index in [2.05, 4.69) is 9.97 Å². The summed E-state index contributed by atoms with van der Waals surface area (Å²) >= 11 is 0. The smallest absolute Gasteiger partial charge is 0.328 e. The molecule has 0 aliphatic heterocycles. The zero-order valence-electron chi connectivity index (χ0n) is 9.30. The fourth-order valence-electron chi connectivity index (χ4n) is 1.53. The van der Waals surface area contributed by atoms with Crippen molar-refractivity contribution in [2.75, 3.05) is 5.73 Å². The Morgan fingerprint density at radius 2 is 2.24 bits per heavy atom. The molecule has 0 saturated heterocycles. The molecule has 17 heavy (non-hydrogen) atoms. The molecule has 2 aromatic rings. The molecule has 0 bridgehead atoms. The molecule has 6 heteroatoms. The molecule has 0 fully saturated rings. The van der Waals surface area contributed by atoms with Crippen LogP contribution in [-0.2, 0) is 6.54 Å². The van der Waals surface area contributed by atoms with Gasteiger partial charge in [-0.1, -0.05) is 0 Å². The summed E-state index contributed by atoms with van der Waals surface area (Å²) < 4.78 is 1.42. The molecule has 0 unspecified atom stereocenters. The van der Waals surface area contributed by atoms with E-state index in [1.165, 1.54) is 10.8 Å². The Morgan fingerprint density at radius 3 is 2.94 bits per heavy atom. The predicted molar refractivity (Wildman–Crippen MR) is 63.8 cm³/mol. The standard InChI is InChI=1S/C11H12N4O2/c1-7-5-15(11(17)14-10(7)16)6-8-2-3-13-9(12)4-8/h2-5H,6H2,1H3,(H2,12,13)(H,14,16,17). The first-order valence-electron chi connectivity index (χ1n) is 5.07. The third-order valence-electron chi connectivity index (χ3n) is 2.39. The minimum absolute atomic E-state index is 0.350. The van der Waals surface area contributed by atoms with Crippen molar-refractivity contribution in [2.45, 2.75) is 13.5 Å². The quantitative estimate of drug-likeness (QED) is 0.754. The van der Waals surface area contributed by atoms with Gasteiger partial charge in [-0.15, -0.1) is 0 Å². The highest BCUT2D eigenvalue weighted by Crippen LogP contribution is 2.04. The van der Waals surface area contributed by atoms with Crippen molar-refractivity contribution < 1.29 is 0 Å². The SMILES string of the molecule is Cc1cn(Cc2ccnc(N)c2)c(=O)[nH]c1=O. The average molecular weight is 232 g/mol. The van der Waals surface area contributed by atoms with Gasteiger partial charge >= 0.3 is 5.69 Å². The monoisotopic (exact) mass is 232 g/mol. The molecule has 3 N–H and O–H groups in total. The highest BCUT2D eigenvalue weighted by molar-refractivity contribution is 5.31. The molecule has 0 amide bonds. The lowest BCUT2D eigenvalue weighted by molar-refractivity contribution is 0.713. The van der Waals surface area contributed by atoms with Crippen molar-refractivity contribution in [3.8, 4) is 0 Å². The number of nitrogens with one attached hydrogen (secondary N) is 1. The molecule has 88 valence electrons. The van der Waals surface area contributed by atoms with Gasteiger partial charge in [0.2, 0.25) is 0 Å². The molecule has 0 radical (unpaired) electrons. The first-order valence-corrected chi connectivity index (χ1v) is 5.07. The van der Waals surface area contributed by atoms with Crippen molar-refractivity contribution in [2.24, 2.45) is 0 Å². The Balaban J connectivity index is 2.40. The maximum atomic E-state index is 11.5. The minimum Gasteiger partial charge on any atom is -0.384 e. The number of nitrogen functional groups attached to an aromatic ring is 1. The number of hydrogen-bond donors (Lipinski definition) is 2. The third kappa shape index (κ3) is 2.41. The highest BCUT2D eigenvalue weighted by Gasteiger charge is 2.02. The number of aromatic nitrogens is 3. The lowest BCUT2D eigenvalue weighted by Gasteiger charge is -2.06. The Kier molecular flexibility index (Phi) is 2.78. The van der Waals surface area contributed by atoms with Crippen LogP contribution in [0, 0.1) is 6.92 Å². The van der Waals surface area contributed by atoms with Crippen molar-refractivity contribution in [3.63, 3.8) is 0 Å². The zero-order valence-corrected chi connectivity index (χ0v) is 9.30. The average Bonchev–Trinajstić information content (AvgIpc) is 2.26. The Morgan fingerprint density at radius 1 is 1.47 bits per heavy atom. The normalized spacial score (nSPS) is 10.4. The fourth-order valence-corrected chi connectivity index (χ4v) is 1.53. The second-order valence-corrected chi connectivity index (χ2v) is 3.79. The van der Waals surface area contributed by atoms with E-state index in [0.29, 0.717) is 17.9 Å². The molecular weight excluding hydrogens is 220 g/mol. The molecule has 0 spiro atoms. The largest absolute Gasteiger partial charge is 0.384 e. The summed E-state index contributed by atoms with van der Waals surface area (Å²) in [6.07, 6.45) is 3.10. The van der Waals surface area contributed by atoms with Crippen molar-refractivity contribution in [3.05, 3.63) is 56.5 Å². The van der Waals surface area contributed by atoms with Crippen molar-refractivity contribution >= 4 is 5.82 Å². The number of pyridine rings is 1. The zero-order chi connectivity index (χ0) is 12.4. The molecule has 0 aliphatic carbocycles. The van der Waals surface area contributed by atoms with Crippen LogP contribution in [0.25, 0.3) is 0 Å². The second-order valence-electron chi connectivity index (χ2n) is 3.79. The summed E-state index contributed by atoms with van der Waals surface area (Å²) in [4.78, 5) is 28.9. The number of nitrogens with zero attached hydrogens (tertiary/aromatic N) is 2. The first kappa shape index (κ1) is 11.1. The molecular formula is C11H12N4O2. The van der Waals surface area contributed by atoms with E-state index >= 15 is 0 Å². The van der Waals surface area contributed by atoms with Crippen molar-refractivity contribution in [1.82, 2.24) is 14.5 Å². The number of aryl methyl sites for hydroxylation is 1. The number of rotatable bonds is 2. The van der Waals surface area contributed by atoms with E-state index in [9.17, 15) is 9.59 Å². The van der Waals surface area contributed by atoms with E-state index in [4.69, 9.17) is 5.73 Å². The number of hydrogen-bond acceptors (Lipinski definition) is 4. The van der Waals surface area contributed by atoms with E-state index in [-0.39, 0.29) is 5.56 Å². The van der Waals surface area contributed by atoms with Gasteiger partial charge in [0.05, 0.1) is 6.54 Å². The first-order chi connectivity index (χ1) is 8.06. The van der Waals surface area contributed by atoms with Crippen molar-refractivity contribution in [1.29, 1.82) is 0 Å². The summed E-state index contributed by atoms with van der Waals surface area (Å²) in [5, 5.41) is 0. The predicted octanol–water partition coefficient (Wildman–Crippen LogP) is -0.129. The molecule has 0 atom stereocenters. The van der Waals surface area contributed by atoms with Crippen LogP contribution in [0.3, 0.4) is 0 Å². The number of H-pyrrole nitrogens is 1. The van der Waals surface area contributed by atoms with Gasteiger partial charge in [-0.2, -0.15) is 0 Å². The maximum Gasteiger partial charge on any atom is 0.328 e. The van der Waals surface area contributed by atoms with Crippen LogP contribution in [0.15, 0.2) is 34.1 Å². The summed E-state index contributed by atoms with van der Waals surface area (Å²) in [5.74, 6) is 0.400. The van der Waals surface area contributed by atoms with Crippen LogP contribution in [0.5, 0.6) is 0 Å². The third-order valence-corrected chi connectivity index (χ3v) is 2.39. The van der Waals surface area contributed by atoms with Gasteiger partial charge in [0.15, 0.2) is 0 Å². The van der Waals surface area contributed by atoms with Gasteiger partial charge in [0, 0.05) is 18.0 Å². The van der Waals surface area contributed by atoms with Crippen LogP contribution in [0.4, 0.5) is 5.82 Å². The van der Waals surface area contributed by atoms with Gasteiger partial charge in [0.25, 0.3) is 5.56 Å². The van der Waals surface area contributed by atoms with Gasteiger partial charge in [-0.05, 0) is 24.6 Å². The Labute approximate surface area is 96.8 Å². The van der Waals surface area contributed by atoms with E-state index in [1.807, 2.05) is 0 Å². The van der Waals surface area contributed by atoms with Gasteiger partial charge in [-0.25, -0.2) is 9.78 Å². The second kappa shape index (κ2) is 4.25. The van der Waals surface area contributed by atoms with Gasteiger partial charge in [-0.3, -0.25) is 14.3 Å². The topological polar surface area (TPSA) is 93.8 Å². The Hall–Kier alpha value is -2.37. The molecule has 0 saturated carbocycles. The lowest BCUT2D eigenvalue weighted by Crippen LogP contribution is -2.31. The van der Waals surface area contributed by atoms with E-state index < -0.39 is 5.69 Å². The lowest BCUT2D eigenvalue weighted by atomic mass is 10.2.